The molecule has 0 bridgehead atoms. The van der Waals surface area contributed by atoms with E-state index in [2.05, 4.69) is 4.98 Å². The molecule has 3 heterocycles. The molecule has 1 saturated heterocycles. The van der Waals surface area contributed by atoms with Gasteiger partial charge >= 0.3 is 0 Å². The number of hydrogen-bond acceptors (Lipinski definition) is 6. The maximum absolute atomic E-state index is 12.9. The number of carbonyl (C=O) groups excluding carboxylic acids is 2. The van der Waals surface area contributed by atoms with Crippen LogP contribution in [0.3, 0.4) is 0 Å². The number of ketones is 1. The van der Waals surface area contributed by atoms with Gasteiger partial charge < -0.3 is 14.4 Å². The van der Waals surface area contributed by atoms with Gasteiger partial charge in [0.05, 0.1) is 11.8 Å². The van der Waals surface area contributed by atoms with Crippen molar-refractivity contribution in [2.45, 2.75) is 6.04 Å². The molecule has 7 nitrogen and oxygen atoms in total. The average Bonchev–Trinajstić information content (AvgIpc) is 3.35. The second-order valence-electron chi connectivity index (χ2n) is 6.83. The molecule has 0 radical (unpaired) electrons. The van der Waals surface area contributed by atoms with Gasteiger partial charge in [-0.2, -0.15) is 0 Å². The first-order chi connectivity index (χ1) is 14.0. The molecular weight excluding hydrogens is 370 g/mol. The zero-order valence-electron chi connectivity index (χ0n) is 15.9. The van der Waals surface area contributed by atoms with E-state index in [1.165, 1.54) is 23.6 Å². The summed E-state index contributed by atoms with van der Waals surface area (Å²) < 4.78 is 5.53. The van der Waals surface area contributed by atoms with E-state index in [1.807, 2.05) is 31.1 Å². The summed E-state index contributed by atoms with van der Waals surface area (Å²) in [5.41, 5.74) is 1.87. The lowest BCUT2D eigenvalue weighted by Crippen LogP contribution is -2.29. The third-order valence-electron chi connectivity index (χ3n) is 4.86. The van der Waals surface area contributed by atoms with Gasteiger partial charge in [0.1, 0.15) is 17.6 Å². The van der Waals surface area contributed by atoms with E-state index in [9.17, 15) is 14.7 Å². The van der Waals surface area contributed by atoms with E-state index < -0.39 is 17.7 Å². The Hall–Kier alpha value is -3.87. The standard InChI is InChI=1S/C22H19N3O4/c1-24(2)15-5-7-16(8-6-15)25-19(17-4-3-13-29-17)18(21(27)22(25)28)20(26)14-9-11-23-12-10-14/h3-13,19,26H,1-2H3/b20-18-. The average molecular weight is 389 g/mol. The van der Waals surface area contributed by atoms with Gasteiger partial charge in [0, 0.05) is 43.4 Å². The molecule has 0 aliphatic carbocycles. The number of aromatic nitrogens is 1. The third kappa shape index (κ3) is 3.16. The van der Waals surface area contributed by atoms with Gasteiger partial charge in [-0.3, -0.25) is 19.5 Å². The molecule has 1 aliphatic heterocycles. The first-order valence-electron chi connectivity index (χ1n) is 9.01. The van der Waals surface area contributed by atoms with Crippen molar-refractivity contribution in [1.29, 1.82) is 0 Å². The molecular formula is C22H19N3O4. The van der Waals surface area contributed by atoms with Gasteiger partial charge in [-0.05, 0) is 48.5 Å². The van der Waals surface area contributed by atoms with Crippen LogP contribution in [0.15, 0.2) is 77.2 Å². The van der Waals surface area contributed by atoms with E-state index in [0.717, 1.165) is 5.69 Å². The Morgan fingerprint density at radius 3 is 2.34 bits per heavy atom. The summed E-state index contributed by atoms with van der Waals surface area (Å²) in [6.45, 7) is 0. The topological polar surface area (TPSA) is 86.9 Å². The van der Waals surface area contributed by atoms with Gasteiger partial charge in [0.15, 0.2) is 0 Å². The maximum Gasteiger partial charge on any atom is 0.300 e. The van der Waals surface area contributed by atoms with Crippen LogP contribution in [-0.4, -0.2) is 35.9 Å². The molecule has 1 aliphatic rings. The van der Waals surface area contributed by atoms with Crippen LogP contribution < -0.4 is 9.80 Å². The molecule has 4 rings (SSSR count). The number of nitrogens with zero attached hydrogens (tertiary/aromatic N) is 3. The Morgan fingerprint density at radius 1 is 1.07 bits per heavy atom. The lowest BCUT2D eigenvalue weighted by molar-refractivity contribution is -0.132. The normalized spacial score (nSPS) is 18.3. The molecule has 29 heavy (non-hydrogen) atoms. The second kappa shape index (κ2) is 7.27. The minimum atomic E-state index is -0.872. The molecule has 2 aromatic heterocycles. The molecule has 1 amide bonds. The number of anilines is 2. The van der Waals surface area contributed by atoms with Crippen molar-refractivity contribution < 1.29 is 19.1 Å². The minimum Gasteiger partial charge on any atom is -0.507 e. The molecule has 1 N–H and O–H groups in total. The number of amides is 1. The molecule has 0 saturated carbocycles. The smallest absolute Gasteiger partial charge is 0.300 e. The highest BCUT2D eigenvalue weighted by molar-refractivity contribution is 6.51. The number of carbonyl (C=O) groups is 2. The van der Waals surface area contributed by atoms with Crippen LogP contribution in [0, 0.1) is 0 Å². The highest BCUT2D eigenvalue weighted by Gasteiger charge is 2.48. The summed E-state index contributed by atoms with van der Waals surface area (Å²) in [6.07, 6.45) is 4.48. The molecule has 7 heteroatoms. The van der Waals surface area contributed by atoms with Gasteiger partial charge in [-0.1, -0.05) is 0 Å². The summed E-state index contributed by atoms with van der Waals surface area (Å²) in [6, 6.07) is 12.9. The quantitative estimate of drug-likeness (QED) is 0.418. The van der Waals surface area contributed by atoms with Crippen LogP contribution in [-0.2, 0) is 9.59 Å². The number of hydrogen-bond donors (Lipinski definition) is 1. The first-order valence-corrected chi connectivity index (χ1v) is 9.01. The molecule has 1 atom stereocenters. The number of benzene rings is 1. The van der Waals surface area contributed by atoms with Crippen LogP contribution in [0.4, 0.5) is 11.4 Å². The predicted octanol–water partition coefficient (Wildman–Crippen LogP) is 3.37. The number of aliphatic hydroxyl groups is 1. The van der Waals surface area contributed by atoms with Crippen molar-refractivity contribution in [3.8, 4) is 0 Å². The number of furan rings is 1. The lowest BCUT2D eigenvalue weighted by atomic mass is 9.99. The lowest BCUT2D eigenvalue weighted by Gasteiger charge is -2.24. The van der Waals surface area contributed by atoms with Crippen LogP contribution in [0.5, 0.6) is 0 Å². The summed E-state index contributed by atoms with van der Waals surface area (Å²) in [7, 11) is 3.83. The summed E-state index contributed by atoms with van der Waals surface area (Å²) >= 11 is 0. The Balaban J connectivity index is 1.88. The number of Topliss-reactive ketones (excluding diaryl/α,β-unsaturated/α-hetero) is 1. The van der Waals surface area contributed by atoms with E-state index in [-0.39, 0.29) is 11.3 Å². The Morgan fingerprint density at radius 2 is 1.76 bits per heavy atom. The van der Waals surface area contributed by atoms with Crippen molar-refractivity contribution in [2.75, 3.05) is 23.9 Å². The molecule has 0 spiro atoms. The van der Waals surface area contributed by atoms with E-state index in [0.29, 0.717) is 17.0 Å². The van der Waals surface area contributed by atoms with Gasteiger partial charge in [0.2, 0.25) is 0 Å². The zero-order valence-corrected chi connectivity index (χ0v) is 15.9. The number of aliphatic hydroxyl groups excluding tert-OH is 1. The monoisotopic (exact) mass is 389 g/mol. The summed E-state index contributed by atoms with van der Waals surface area (Å²) in [5, 5.41) is 10.9. The predicted molar refractivity (Wildman–Crippen MR) is 108 cm³/mol. The fourth-order valence-corrected chi connectivity index (χ4v) is 3.39. The Labute approximate surface area is 167 Å². The molecule has 1 aromatic carbocycles. The maximum atomic E-state index is 12.9. The summed E-state index contributed by atoms with van der Waals surface area (Å²) in [4.78, 5) is 33.1. The molecule has 1 unspecified atom stereocenters. The fourth-order valence-electron chi connectivity index (χ4n) is 3.39. The van der Waals surface area contributed by atoms with Gasteiger partial charge in [0.25, 0.3) is 11.7 Å². The van der Waals surface area contributed by atoms with Crippen LogP contribution in [0.2, 0.25) is 0 Å². The van der Waals surface area contributed by atoms with E-state index in [4.69, 9.17) is 4.42 Å². The zero-order chi connectivity index (χ0) is 20.5. The van der Waals surface area contributed by atoms with Crippen LogP contribution in [0.25, 0.3) is 5.76 Å². The van der Waals surface area contributed by atoms with Crippen LogP contribution >= 0.6 is 0 Å². The van der Waals surface area contributed by atoms with Gasteiger partial charge in [-0.25, -0.2) is 0 Å². The van der Waals surface area contributed by atoms with Crippen molar-refractivity contribution >= 4 is 28.8 Å². The van der Waals surface area contributed by atoms with Crippen molar-refractivity contribution in [2.24, 2.45) is 0 Å². The van der Waals surface area contributed by atoms with Gasteiger partial charge in [-0.15, -0.1) is 0 Å². The second-order valence-corrected chi connectivity index (χ2v) is 6.83. The number of pyridine rings is 1. The number of rotatable bonds is 4. The largest absolute Gasteiger partial charge is 0.507 e. The van der Waals surface area contributed by atoms with Crippen molar-refractivity contribution in [1.82, 2.24) is 4.98 Å². The van der Waals surface area contributed by atoms with E-state index >= 15 is 0 Å². The Bertz CT molecular complexity index is 1070. The van der Waals surface area contributed by atoms with Crippen LogP contribution in [0.1, 0.15) is 17.4 Å². The van der Waals surface area contributed by atoms with Crippen molar-refractivity contribution in [3.63, 3.8) is 0 Å². The highest BCUT2D eigenvalue weighted by Crippen LogP contribution is 2.42. The third-order valence-corrected chi connectivity index (χ3v) is 4.86. The first kappa shape index (κ1) is 18.5. The minimum absolute atomic E-state index is 0.0205. The molecule has 146 valence electrons. The molecule has 3 aromatic rings. The highest BCUT2D eigenvalue weighted by atomic mass is 16.3. The molecule has 1 fully saturated rings. The summed E-state index contributed by atoms with van der Waals surface area (Å²) in [5.74, 6) is -1.37. The van der Waals surface area contributed by atoms with Crippen molar-refractivity contribution in [3.05, 3.63) is 84.1 Å². The fraction of sp³-hybridized carbons (Fsp3) is 0.136. The Kier molecular flexibility index (Phi) is 4.64. The van der Waals surface area contributed by atoms with E-state index in [1.54, 1.807) is 36.4 Å². The SMILES string of the molecule is CN(C)c1ccc(N2C(=O)C(=O)/C(=C(\O)c3ccncc3)C2c2ccco2)cc1.